The van der Waals surface area contributed by atoms with E-state index in [2.05, 4.69) is 14.7 Å². The number of alkyl halides is 2. The van der Waals surface area contributed by atoms with Gasteiger partial charge in [0.15, 0.2) is 17.1 Å². The molecule has 0 bridgehead atoms. The van der Waals surface area contributed by atoms with Gasteiger partial charge in [0.25, 0.3) is 0 Å². The van der Waals surface area contributed by atoms with Crippen LogP contribution < -0.4 is 10.4 Å². The van der Waals surface area contributed by atoms with Crippen LogP contribution in [0.2, 0.25) is 0 Å². The molecule has 0 saturated carbocycles. The van der Waals surface area contributed by atoms with Crippen molar-refractivity contribution in [3.63, 3.8) is 0 Å². The fourth-order valence-corrected chi connectivity index (χ4v) is 4.63. The van der Waals surface area contributed by atoms with Crippen molar-refractivity contribution in [2.45, 2.75) is 12.7 Å². The third-order valence-corrected chi connectivity index (χ3v) is 5.97. The molecule has 0 aliphatic carbocycles. The van der Waals surface area contributed by atoms with Crippen LogP contribution in [0.25, 0.3) is 22.3 Å². The number of hydrogen-bond donors (Lipinski definition) is 2. The van der Waals surface area contributed by atoms with Gasteiger partial charge in [0.2, 0.25) is 0 Å². The topological polar surface area (TPSA) is 114 Å². The number of H-pyrrole nitrogens is 1. The van der Waals surface area contributed by atoms with Gasteiger partial charge in [-0.1, -0.05) is 36.4 Å². The number of fused-ring (bicyclic) bond motifs is 1. The molecule has 1 unspecified atom stereocenters. The molecule has 2 aromatic carbocycles. The summed E-state index contributed by atoms with van der Waals surface area (Å²) in [5, 5.41) is 10.1. The lowest BCUT2D eigenvalue weighted by Crippen LogP contribution is -2.28. The van der Waals surface area contributed by atoms with Gasteiger partial charge >= 0.3 is 12.3 Å². The predicted molar refractivity (Wildman–Crippen MR) is 118 cm³/mol. The highest BCUT2D eigenvalue weighted by molar-refractivity contribution is 7.90. The second-order valence-corrected chi connectivity index (χ2v) is 9.62. The predicted octanol–water partition coefficient (Wildman–Crippen LogP) is 3.33. The lowest BCUT2D eigenvalue weighted by molar-refractivity contribution is -0.0512. The molecule has 0 aliphatic rings. The minimum atomic E-state index is -3.62. The summed E-state index contributed by atoms with van der Waals surface area (Å²) in [6.45, 7) is -3.15. The molecule has 4 rings (SSSR count). The summed E-state index contributed by atoms with van der Waals surface area (Å²) < 4.78 is 54.9. The van der Waals surface area contributed by atoms with E-state index in [0.717, 1.165) is 24.0 Å². The Balaban J connectivity index is 1.91. The average molecular weight is 475 g/mol. The molecule has 0 saturated heterocycles. The molecule has 0 aliphatic heterocycles. The van der Waals surface area contributed by atoms with Crippen molar-refractivity contribution < 1.29 is 27.0 Å². The smallest absolute Gasteiger partial charge is 0.387 e. The zero-order valence-corrected chi connectivity index (χ0v) is 18.1. The second-order valence-electron chi connectivity index (χ2n) is 7.44. The minimum Gasteiger partial charge on any atom is -0.504 e. The summed E-state index contributed by atoms with van der Waals surface area (Å²) in [7, 11) is -3.62. The molecule has 0 radical (unpaired) electrons. The van der Waals surface area contributed by atoms with Gasteiger partial charge in [0, 0.05) is 18.0 Å². The summed E-state index contributed by atoms with van der Waals surface area (Å²) in [6, 6.07) is 13.4. The van der Waals surface area contributed by atoms with Crippen LogP contribution in [-0.4, -0.2) is 46.7 Å². The highest BCUT2D eigenvalue weighted by atomic mass is 32.2. The van der Waals surface area contributed by atoms with E-state index in [1.165, 1.54) is 16.8 Å². The van der Waals surface area contributed by atoms with E-state index in [1.54, 1.807) is 6.07 Å². The van der Waals surface area contributed by atoms with Gasteiger partial charge in [0.1, 0.15) is 9.84 Å². The van der Waals surface area contributed by atoms with Crippen LogP contribution in [0.5, 0.6) is 11.5 Å². The molecular formula is C22H19F2N3O5S. The van der Waals surface area contributed by atoms with E-state index in [1.807, 2.05) is 30.3 Å². The van der Waals surface area contributed by atoms with Crippen LogP contribution in [0, 0.1) is 0 Å². The van der Waals surface area contributed by atoms with Gasteiger partial charge in [-0.2, -0.15) is 8.78 Å². The zero-order chi connectivity index (χ0) is 23.8. The number of hydrogen-bond acceptors (Lipinski definition) is 6. The Hall–Kier alpha value is -3.73. The van der Waals surface area contributed by atoms with Crippen LogP contribution in [-0.2, 0) is 9.84 Å². The SMILES string of the molecule is CS(=O)(=O)CC(c1ccc(OC(F)F)c(O)c1)n1c(=O)[nH]c2c(-c3ccccc3)ccnc21. The number of rotatable bonds is 7. The number of phenols is 1. The normalized spacial score (nSPS) is 12.8. The average Bonchev–Trinajstić information content (AvgIpc) is 3.09. The minimum absolute atomic E-state index is 0.203. The second kappa shape index (κ2) is 8.66. The Bertz CT molecular complexity index is 1470. The number of benzene rings is 2. The van der Waals surface area contributed by atoms with E-state index in [4.69, 9.17) is 0 Å². The van der Waals surface area contributed by atoms with Gasteiger partial charge in [-0.3, -0.25) is 4.57 Å². The summed E-state index contributed by atoms with van der Waals surface area (Å²) in [4.78, 5) is 20.0. The summed E-state index contributed by atoms with van der Waals surface area (Å²) in [5.41, 5.74) is 1.73. The molecule has 0 spiro atoms. The molecule has 2 heterocycles. The van der Waals surface area contributed by atoms with Crippen LogP contribution in [0.15, 0.2) is 65.6 Å². The van der Waals surface area contributed by atoms with E-state index in [0.29, 0.717) is 11.1 Å². The number of nitrogens with one attached hydrogen (secondary N) is 1. The lowest BCUT2D eigenvalue weighted by atomic mass is 10.1. The number of halogens is 2. The molecule has 172 valence electrons. The number of imidazole rings is 1. The maximum atomic E-state index is 13.0. The number of aromatic nitrogens is 3. The van der Waals surface area contributed by atoms with Crippen LogP contribution >= 0.6 is 0 Å². The number of phenolic OH excluding ortho intramolecular Hbond substituents is 1. The van der Waals surface area contributed by atoms with Gasteiger partial charge in [-0.15, -0.1) is 0 Å². The molecule has 1 atom stereocenters. The Morgan fingerprint density at radius 1 is 1.15 bits per heavy atom. The van der Waals surface area contributed by atoms with Crippen LogP contribution in [0.1, 0.15) is 11.6 Å². The largest absolute Gasteiger partial charge is 0.504 e. The molecule has 2 aromatic heterocycles. The van der Waals surface area contributed by atoms with E-state index < -0.39 is 45.4 Å². The van der Waals surface area contributed by atoms with Crippen LogP contribution in [0.3, 0.4) is 0 Å². The molecule has 33 heavy (non-hydrogen) atoms. The molecule has 2 N–H and O–H groups in total. The van der Waals surface area contributed by atoms with Crippen molar-refractivity contribution >= 4 is 21.0 Å². The fourth-order valence-electron chi connectivity index (χ4n) is 3.71. The first kappa shape index (κ1) is 22.5. The first-order chi connectivity index (χ1) is 15.6. The van der Waals surface area contributed by atoms with Gasteiger partial charge in [-0.05, 0) is 29.3 Å². The lowest BCUT2D eigenvalue weighted by Gasteiger charge is -2.19. The standard InChI is InChI=1S/C22H19F2N3O5S/c1-33(30,31)12-16(14-7-8-18(17(28)11-14)32-21(23)24)27-20-19(26-22(27)29)15(9-10-25-20)13-5-3-2-4-6-13/h2-11,16,21,28H,12H2,1H3,(H,26,29). The molecule has 0 amide bonds. The summed E-state index contributed by atoms with van der Waals surface area (Å²) in [5.74, 6) is -1.58. The number of pyridine rings is 1. The third-order valence-electron chi connectivity index (χ3n) is 5.05. The van der Waals surface area contributed by atoms with E-state index >= 15 is 0 Å². The van der Waals surface area contributed by atoms with Crippen molar-refractivity contribution in [3.05, 3.63) is 76.8 Å². The number of aromatic amines is 1. The first-order valence-corrected chi connectivity index (χ1v) is 11.8. The highest BCUT2D eigenvalue weighted by Crippen LogP contribution is 2.33. The van der Waals surface area contributed by atoms with Crippen molar-refractivity contribution in [3.8, 4) is 22.6 Å². The van der Waals surface area contributed by atoms with Crippen molar-refractivity contribution in [2.75, 3.05) is 12.0 Å². The van der Waals surface area contributed by atoms with Gasteiger partial charge in [-0.25, -0.2) is 18.2 Å². The quantitative estimate of drug-likeness (QED) is 0.424. The summed E-state index contributed by atoms with van der Waals surface area (Å²) >= 11 is 0. The van der Waals surface area contributed by atoms with Gasteiger partial charge < -0.3 is 14.8 Å². The zero-order valence-electron chi connectivity index (χ0n) is 17.3. The van der Waals surface area contributed by atoms with Crippen molar-refractivity contribution in [2.24, 2.45) is 0 Å². The number of ether oxygens (including phenoxy) is 1. The van der Waals surface area contributed by atoms with Crippen LogP contribution in [0.4, 0.5) is 8.78 Å². The maximum absolute atomic E-state index is 13.0. The maximum Gasteiger partial charge on any atom is 0.387 e. The number of aromatic hydroxyl groups is 1. The Morgan fingerprint density at radius 3 is 2.52 bits per heavy atom. The third kappa shape index (κ3) is 4.72. The summed E-state index contributed by atoms with van der Waals surface area (Å²) in [6.07, 6.45) is 2.51. The number of sulfone groups is 1. The molecule has 11 heteroatoms. The van der Waals surface area contributed by atoms with Crippen molar-refractivity contribution in [1.29, 1.82) is 0 Å². The highest BCUT2D eigenvalue weighted by Gasteiger charge is 2.26. The fraction of sp³-hybridized carbons (Fsp3) is 0.182. The first-order valence-electron chi connectivity index (χ1n) is 9.74. The Kier molecular flexibility index (Phi) is 5.90. The molecule has 8 nitrogen and oxygen atoms in total. The molecule has 4 aromatic rings. The van der Waals surface area contributed by atoms with E-state index in [-0.39, 0.29) is 11.2 Å². The van der Waals surface area contributed by atoms with Crippen molar-refractivity contribution in [1.82, 2.24) is 14.5 Å². The van der Waals surface area contributed by atoms with Gasteiger partial charge in [0.05, 0.1) is 17.3 Å². The monoisotopic (exact) mass is 475 g/mol. The Labute approximate surface area is 187 Å². The number of nitrogens with zero attached hydrogens (tertiary/aromatic N) is 2. The molecule has 0 fully saturated rings. The Morgan fingerprint density at radius 2 is 1.88 bits per heavy atom. The van der Waals surface area contributed by atoms with E-state index in [9.17, 15) is 27.1 Å². The molecular weight excluding hydrogens is 456 g/mol.